The van der Waals surface area contributed by atoms with E-state index in [4.69, 9.17) is 16.3 Å². The van der Waals surface area contributed by atoms with Gasteiger partial charge in [-0.3, -0.25) is 4.79 Å². The number of rotatable bonds is 2. The largest absolute Gasteiger partial charge is 0.493 e. The maximum absolute atomic E-state index is 12.5. The van der Waals surface area contributed by atoms with Crippen LogP contribution in [0.15, 0.2) is 36.4 Å². The molecule has 0 saturated carbocycles. The zero-order valence-corrected chi connectivity index (χ0v) is 13.4. The van der Waals surface area contributed by atoms with Crippen LogP contribution in [0.25, 0.3) is 0 Å². The van der Waals surface area contributed by atoms with Crippen LogP contribution in [0.3, 0.4) is 0 Å². The lowest BCUT2D eigenvalue weighted by molar-refractivity contribution is 0.0924. The molecule has 1 N–H and O–H groups in total. The number of amides is 1. The lowest BCUT2D eigenvalue weighted by Crippen LogP contribution is -2.32. The third-order valence-electron chi connectivity index (χ3n) is 4.09. The number of nitrogens with one attached hydrogen (secondary N) is 1. The van der Waals surface area contributed by atoms with Gasteiger partial charge in [-0.2, -0.15) is 0 Å². The van der Waals surface area contributed by atoms with E-state index in [1.807, 2.05) is 44.2 Å². The van der Waals surface area contributed by atoms with Gasteiger partial charge in [0.2, 0.25) is 0 Å². The number of hydrogen-bond acceptors (Lipinski definition) is 2. The van der Waals surface area contributed by atoms with E-state index in [0.717, 1.165) is 23.3 Å². The Hall–Kier alpha value is -2.00. The van der Waals surface area contributed by atoms with Crippen LogP contribution < -0.4 is 10.1 Å². The molecule has 0 aliphatic carbocycles. The van der Waals surface area contributed by atoms with Crippen LogP contribution in [0, 0.1) is 13.8 Å². The molecular weight excluding hydrogens is 298 g/mol. The van der Waals surface area contributed by atoms with Crippen molar-refractivity contribution in [3.63, 3.8) is 0 Å². The van der Waals surface area contributed by atoms with Gasteiger partial charge in [0.25, 0.3) is 5.91 Å². The van der Waals surface area contributed by atoms with E-state index in [0.29, 0.717) is 17.2 Å². The molecule has 4 heteroatoms. The zero-order chi connectivity index (χ0) is 15.7. The first-order valence-corrected chi connectivity index (χ1v) is 7.73. The summed E-state index contributed by atoms with van der Waals surface area (Å²) in [5.74, 6) is 0.724. The summed E-state index contributed by atoms with van der Waals surface area (Å²) in [6.45, 7) is 4.63. The van der Waals surface area contributed by atoms with Crippen LogP contribution in [-0.4, -0.2) is 12.5 Å². The standard InChI is InChI=1S/C18H18ClNO2/c1-11-3-4-13(9-12(11)2)18(21)20-16-7-8-22-17-6-5-14(19)10-15(16)17/h3-6,9-10,16H,7-8H2,1-2H3,(H,20,21). The molecule has 0 aromatic heterocycles. The van der Waals surface area contributed by atoms with Crippen molar-refractivity contribution in [3.8, 4) is 5.75 Å². The number of aryl methyl sites for hydroxylation is 2. The SMILES string of the molecule is Cc1ccc(C(=O)NC2CCOc3ccc(Cl)cc32)cc1C. The van der Waals surface area contributed by atoms with Crippen molar-refractivity contribution in [1.82, 2.24) is 5.32 Å². The van der Waals surface area contributed by atoms with E-state index in [9.17, 15) is 4.79 Å². The van der Waals surface area contributed by atoms with Crippen molar-refractivity contribution in [2.45, 2.75) is 26.3 Å². The van der Waals surface area contributed by atoms with Crippen LogP contribution in [0.5, 0.6) is 5.75 Å². The molecule has 0 bridgehead atoms. The highest BCUT2D eigenvalue weighted by atomic mass is 35.5. The highest BCUT2D eigenvalue weighted by Gasteiger charge is 2.23. The van der Waals surface area contributed by atoms with Gasteiger partial charge in [-0.05, 0) is 55.3 Å². The fraction of sp³-hybridized carbons (Fsp3) is 0.278. The summed E-state index contributed by atoms with van der Waals surface area (Å²) in [5.41, 5.74) is 3.91. The summed E-state index contributed by atoms with van der Waals surface area (Å²) in [6, 6.07) is 11.2. The van der Waals surface area contributed by atoms with Crippen molar-refractivity contribution >= 4 is 17.5 Å². The summed E-state index contributed by atoms with van der Waals surface area (Å²) in [6.07, 6.45) is 0.740. The van der Waals surface area contributed by atoms with E-state index in [1.165, 1.54) is 5.56 Å². The average molecular weight is 316 g/mol. The monoisotopic (exact) mass is 315 g/mol. The second kappa shape index (κ2) is 6.01. The molecule has 114 valence electrons. The molecule has 2 aromatic carbocycles. The molecule has 0 saturated heterocycles. The highest BCUT2D eigenvalue weighted by Crippen LogP contribution is 2.34. The number of halogens is 1. The average Bonchev–Trinajstić information content (AvgIpc) is 2.50. The molecule has 0 radical (unpaired) electrons. The quantitative estimate of drug-likeness (QED) is 0.901. The fourth-order valence-corrected chi connectivity index (χ4v) is 2.82. The van der Waals surface area contributed by atoms with E-state index in [2.05, 4.69) is 5.32 Å². The Morgan fingerprint density at radius 3 is 2.77 bits per heavy atom. The van der Waals surface area contributed by atoms with Gasteiger partial charge in [-0.1, -0.05) is 17.7 Å². The Bertz CT molecular complexity index is 727. The Kier molecular flexibility index (Phi) is 4.08. The molecule has 22 heavy (non-hydrogen) atoms. The Balaban J connectivity index is 1.83. The molecule has 2 aromatic rings. The Labute approximate surface area is 135 Å². The maximum Gasteiger partial charge on any atom is 0.251 e. The number of fused-ring (bicyclic) bond motifs is 1. The Morgan fingerprint density at radius 1 is 1.18 bits per heavy atom. The van der Waals surface area contributed by atoms with E-state index >= 15 is 0 Å². The molecule has 1 amide bonds. The van der Waals surface area contributed by atoms with Gasteiger partial charge in [-0.15, -0.1) is 0 Å². The zero-order valence-electron chi connectivity index (χ0n) is 12.7. The molecule has 1 heterocycles. The van der Waals surface area contributed by atoms with Crippen molar-refractivity contribution < 1.29 is 9.53 Å². The minimum Gasteiger partial charge on any atom is -0.493 e. The molecule has 0 spiro atoms. The highest BCUT2D eigenvalue weighted by molar-refractivity contribution is 6.30. The maximum atomic E-state index is 12.5. The molecule has 0 fully saturated rings. The lowest BCUT2D eigenvalue weighted by Gasteiger charge is -2.27. The summed E-state index contributed by atoms with van der Waals surface area (Å²) < 4.78 is 5.62. The third kappa shape index (κ3) is 2.95. The topological polar surface area (TPSA) is 38.3 Å². The predicted molar refractivity (Wildman–Crippen MR) is 87.7 cm³/mol. The number of carbonyl (C=O) groups is 1. The molecular formula is C18H18ClNO2. The van der Waals surface area contributed by atoms with Crippen molar-refractivity contribution in [3.05, 3.63) is 63.7 Å². The van der Waals surface area contributed by atoms with Crippen molar-refractivity contribution in [2.24, 2.45) is 0 Å². The Morgan fingerprint density at radius 2 is 2.00 bits per heavy atom. The number of ether oxygens (including phenoxy) is 1. The van der Waals surface area contributed by atoms with Gasteiger partial charge in [0.05, 0.1) is 12.6 Å². The lowest BCUT2D eigenvalue weighted by atomic mass is 9.99. The molecule has 3 rings (SSSR count). The summed E-state index contributed by atoms with van der Waals surface area (Å²) in [5, 5.41) is 3.74. The number of benzene rings is 2. The van der Waals surface area contributed by atoms with Crippen LogP contribution in [0.2, 0.25) is 5.02 Å². The smallest absolute Gasteiger partial charge is 0.251 e. The summed E-state index contributed by atoms with van der Waals surface area (Å²) >= 11 is 6.07. The second-order valence-corrected chi connectivity index (χ2v) is 6.08. The van der Waals surface area contributed by atoms with E-state index in [1.54, 1.807) is 6.07 Å². The van der Waals surface area contributed by atoms with Crippen LogP contribution in [0.4, 0.5) is 0 Å². The first-order chi connectivity index (χ1) is 10.5. The number of carbonyl (C=O) groups excluding carboxylic acids is 1. The van der Waals surface area contributed by atoms with Gasteiger partial charge in [-0.25, -0.2) is 0 Å². The van der Waals surface area contributed by atoms with Crippen molar-refractivity contribution in [1.29, 1.82) is 0 Å². The van der Waals surface area contributed by atoms with Gasteiger partial charge in [0.1, 0.15) is 5.75 Å². The summed E-state index contributed by atoms with van der Waals surface area (Å²) in [4.78, 5) is 12.5. The minimum absolute atomic E-state index is 0.0686. The third-order valence-corrected chi connectivity index (χ3v) is 4.32. The minimum atomic E-state index is -0.0726. The number of hydrogen-bond donors (Lipinski definition) is 1. The normalized spacial score (nSPS) is 16.6. The molecule has 1 aliphatic rings. The molecule has 1 aliphatic heterocycles. The van der Waals surface area contributed by atoms with Gasteiger partial charge < -0.3 is 10.1 Å². The van der Waals surface area contributed by atoms with Crippen LogP contribution in [0.1, 0.15) is 39.5 Å². The van der Waals surface area contributed by atoms with Gasteiger partial charge >= 0.3 is 0 Å². The molecule has 1 unspecified atom stereocenters. The van der Waals surface area contributed by atoms with E-state index in [-0.39, 0.29) is 11.9 Å². The predicted octanol–water partition coefficient (Wildman–Crippen LogP) is 4.21. The first-order valence-electron chi connectivity index (χ1n) is 7.35. The van der Waals surface area contributed by atoms with Crippen LogP contribution in [-0.2, 0) is 0 Å². The second-order valence-electron chi connectivity index (χ2n) is 5.64. The van der Waals surface area contributed by atoms with Gasteiger partial charge in [0, 0.05) is 22.6 Å². The van der Waals surface area contributed by atoms with Crippen molar-refractivity contribution in [2.75, 3.05) is 6.61 Å². The first kappa shape index (κ1) is 14.9. The fourth-order valence-electron chi connectivity index (χ4n) is 2.64. The van der Waals surface area contributed by atoms with E-state index < -0.39 is 0 Å². The van der Waals surface area contributed by atoms with Crippen LogP contribution >= 0.6 is 11.6 Å². The van der Waals surface area contributed by atoms with Gasteiger partial charge in [0.15, 0.2) is 0 Å². The molecule has 3 nitrogen and oxygen atoms in total. The summed E-state index contributed by atoms with van der Waals surface area (Å²) in [7, 11) is 0. The molecule has 1 atom stereocenters.